The van der Waals surface area contributed by atoms with Crippen LogP contribution in [0.25, 0.3) is 0 Å². The van der Waals surface area contributed by atoms with Gasteiger partial charge in [-0.1, -0.05) is 0 Å². The van der Waals surface area contributed by atoms with E-state index in [2.05, 4.69) is 10.3 Å². The molecule has 1 saturated heterocycles. The number of nitrogens with one attached hydrogen (secondary N) is 1. The van der Waals surface area contributed by atoms with Crippen molar-refractivity contribution < 1.29 is 8.42 Å². The molecule has 6 nitrogen and oxygen atoms in total. The van der Waals surface area contributed by atoms with Crippen LogP contribution in [0.1, 0.15) is 25.7 Å². The molecule has 112 valence electrons. The molecule has 0 aromatic carbocycles. The predicted molar refractivity (Wildman–Crippen MR) is 75.7 cm³/mol. The fourth-order valence-electron chi connectivity index (χ4n) is 2.77. The summed E-state index contributed by atoms with van der Waals surface area (Å²) in [5.74, 6) is 0.468. The lowest BCUT2D eigenvalue weighted by molar-refractivity contribution is 0.283. The molecular weight excluding hydrogens is 276 g/mol. The zero-order chi connectivity index (χ0) is 14.2. The molecule has 1 aliphatic carbocycles. The van der Waals surface area contributed by atoms with E-state index in [9.17, 15) is 8.42 Å². The van der Waals surface area contributed by atoms with E-state index >= 15 is 0 Å². The summed E-state index contributed by atoms with van der Waals surface area (Å²) >= 11 is 0. The zero-order valence-electron chi connectivity index (χ0n) is 11.8. The Labute approximate surface area is 120 Å². The second-order valence-electron chi connectivity index (χ2n) is 5.88. The lowest BCUT2D eigenvalue weighted by Gasteiger charge is -2.29. The van der Waals surface area contributed by atoms with Crippen molar-refractivity contribution in [2.24, 2.45) is 13.0 Å². The Hall–Kier alpha value is -0.920. The van der Waals surface area contributed by atoms with Crippen molar-refractivity contribution in [1.82, 2.24) is 19.2 Å². The summed E-state index contributed by atoms with van der Waals surface area (Å²) in [6.07, 6.45) is 7.21. The van der Waals surface area contributed by atoms with Crippen LogP contribution in [0.15, 0.2) is 17.6 Å². The highest BCUT2D eigenvalue weighted by atomic mass is 32.2. The molecule has 0 amide bonds. The van der Waals surface area contributed by atoms with Crippen LogP contribution in [0.5, 0.6) is 0 Å². The summed E-state index contributed by atoms with van der Waals surface area (Å²) in [6, 6.07) is 0.192. The van der Waals surface area contributed by atoms with Crippen LogP contribution in [0.3, 0.4) is 0 Å². The van der Waals surface area contributed by atoms with Crippen molar-refractivity contribution in [2.75, 3.05) is 19.6 Å². The molecule has 1 aromatic heterocycles. The monoisotopic (exact) mass is 298 g/mol. The van der Waals surface area contributed by atoms with Gasteiger partial charge in [0.05, 0.1) is 6.33 Å². The van der Waals surface area contributed by atoms with Gasteiger partial charge in [0.15, 0.2) is 5.03 Å². The first-order chi connectivity index (χ1) is 9.57. The first kappa shape index (κ1) is 14.0. The Morgan fingerprint density at radius 3 is 2.60 bits per heavy atom. The number of hydrogen-bond acceptors (Lipinski definition) is 4. The maximum Gasteiger partial charge on any atom is 0.262 e. The number of aryl methyl sites for hydroxylation is 1. The van der Waals surface area contributed by atoms with Crippen molar-refractivity contribution in [2.45, 2.75) is 36.8 Å². The fourth-order valence-corrected chi connectivity index (χ4v) is 4.50. The molecule has 2 fully saturated rings. The normalized spacial score (nSPS) is 21.5. The summed E-state index contributed by atoms with van der Waals surface area (Å²) in [7, 11) is -1.64. The van der Waals surface area contributed by atoms with Crippen LogP contribution >= 0.6 is 0 Å². The minimum atomic E-state index is -3.44. The van der Waals surface area contributed by atoms with E-state index < -0.39 is 10.0 Å². The number of nitrogens with zero attached hydrogens (tertiary/aromatic N) is 3. The van der Waals surface area contributed by atoms with Gasteiger partial charge in [0.25, 0.3) is 10.0 Å². The standard InChI is InChI=1S/C13H22N4O2S/c1-16-9-13(15-10-16)20(18,19)17(12-2-3-12)8-11-4-6-14-7-5-11/h9-12,14H,2-8H2,1H3. The van der Waals surface area contributed by atoms with Crippen LogP contribution in [0.2, 0.25) is 0 Å². The summed E-state index contributed by atoms with van der Waals surface area (Å²) < 4.78 is 28.9. The Bertz CT molecular complexity index is 559. The third-order valence-electron chi connectivity index (χ3n) is 4.11. The van der Waals surface area contributed by atoms with Crippen molar-refractivity contribution in [3.63, 3.8) is 0 Å². The van der Waals surface area contributed by atoms with Crippen molar-refractivity contribution in [1.29, 1.82) is 0 Å². The van der Waals surface area contributed by atoms with Gasteiger partial charge in [-0.2, -0.15) is 4.31 Å². The number of sulfonamides is 1. The number of rotatable bonds is 5. The highest BCUT2D eigenvalue weighted by Gasteiger charge is 2.40. The van der Waals surface area contributed by atoms with Crippen molar-refractivity contribution in [3.8, 4) is 0 Å². The first-order valence-corrected chi connectivity index (χ1v) is 8.72. The molecule has 0 spiro atoms. The van der Waals surface area contributed by atoms with E-state index in [0.29, 0.717) is 12.5 Å². The van der Waals surface area contributed by atoms with E-state index in [1.165, 1.54) is 0 Å². The number of piperidine rings is 1. The quantitative estimate of drug-likeness (QED) is 0.863. The maximum absolute atomic E-state index is 12.7. The number of aromatic nitrogens is 2. The van der Waals surface area contributed by atoms with Crippen LogP contribution in [-0.4, -0.2) is 48.0 Å². The molecule has 3 rings (SSSR count). The van der Waals surface area contributed by atoms with Gasteiger partial charge in [0.2, 0.25) is 0 Å². The highest BCUT2D eigenvalue weighted by Crippen LogP contribution is 2.33. The number of imidazole rings is 1. The largest absolute Gasteiger partial charge is 0.339 e. The lowest BCUT2D eigenvalue weighted by Crippen LogP contribution is -2.40. The zero-order valence-corrected chi connectivity index (χ0v) is 12.6. The molecule has 1 aliphatic heterocycles. The molecule has 2 heterocycles. The summed E-state index contributed by atoms with van der Waals surface area (Å²) in [5, 5.41) is 3.50. The van der Waals surface area contributed by atoms with Gasteiger partial charge < -0.3 is 9.88 Å². The van der Waals surface area contributed by atoms with Gasteiger partial charge in [-0.15, -0.1) is 0 Å². The lowest BCUT2D eigenvalue weighted by atomic mass is 9.98. The van der Waals surface area contributed by atoms with E-state index in [1.54, 1.807) is 28.4 Å². The van der Waals surface area contributed by atoms with Gasteiger partial charge in [-0.3, -0.25) is 0 Å². The van der Waals surface area contributed by atoms with Gasteiger partial charge >= 0.3 is 0 Å². The third kappa shape index (κ3) is 2.89. The molecule has 2 aliphatic rings. The molecule has 0 atom stereocenters. The summed E-state index contributed by atoms with van der Waals surface area (Å²) in [6.45, 7) is 2.63. The van der Waals surface area contributed by atoms with Crippen LogP contribution in [-0.2, 0) is 17.1 Å². The predicted octanol–water partition coefficient (Wildman–Crippen LogP) is 0.573. The highest BCUT2D eigenvalue weighted by molar-refractivity contribution is 7.89. The first-order valence-electron chi connectivity index (χ1n) is 7.28. The molecule has 20 heavy (non-hydrogen) atoms. The van der Waals surface area contributed by atoms with E-state index in [4.69, 9.17) is 0 Å². The second kappa shape index (κ2) is 5.46. The maximum atomic E-state index is 12.7. The summed E-state index contributed by atoms with van der Waals surface area (Å²) in [4.78, 5) is 4.03. The number of hydrogen-bond donors (Lipinski definition) is 1. The summed E-state index contributed by atoms with van der Waals surface area (Å²) in [5.41, 5.74) is 0. The van der Waals surface area contributed by atoms with Crippen LogP contribution in [0, 0.1) is 5.92 Å². The topological polar surface area (TPSA) is 67.2 Å². The Kier molecular flexibility index (Phi) is 3.83. The molecule has 7 heteroatoms. The van der Waals surface area contributed by atoms with Crippen LogP contribution in [0.4, 0.5) is 0 Å². The average Bonchev–Trinajstić information content (AvgIpc) is 3.17. The molecular formula is C13H22N4O2S. The van der Waals surface area contributed by atoms with Gasteiger partial charge in [0, 0.05) is 25.8 Å². The van der Waals surface area contributed by atoms with E-state index in [1.807, 2.05) is 0 Å². The Morgan fingerprint density at radius 1 is 1.35 bits per heavy atom. The Morgan fingerprint density at radius 2 is 2.05 bits per heavy atom. The molecule has 0 radical (unpaired) electrons. The third-order valence-corrected chi connectivity index (χ3v) is 5.91. The Balaban J connectivity index is 1.79. The van der Waals surface area contributed by atoms with Gasteiger partial charge in [-0.25, -0.2) is 13.4 Å². The molecule has 1 N–H and O–H groups in total. The minimum Gasteiger partial charge on any atom is -0.339 e. The van der Waals surface area contributed by atoms with Crippen molar-refractivity contribution >= 4 is 10.0 Å². The molecule has 0 unspecified atom stereocenters. The second-order valence-corrected chi connectivity index (χ2v) is 7.71. The molecule has 0 bridgehead atoms. The molecule has 1 aromatic rings. The SMILES string of the molecule is Cn1cnc(S(=O)(=O)N(CC2CCNCC2)C2CC2)c1. The minimum absolute atomic E-state index is 0.181. The molecule has 1 saturated carbocycles. The van der Waals surface area contributed by atoms with Crippen LogP contribution < -0.4 is 5.32 Å². The van der Waals surface area contributed by atoms with Gasteiger partial charge in [0.1, 0.15) is 0 Å². The smallest absolute Gasteiger partial charge is 0.262 e. The fraction of sp³-hybridized carbons (Fsp3) is 0.769. The van der Waals surface area contributed by atoms with Gasteiger partial charge in [-0.05, 0) is 44.7 Å². The van der Waals surface area contributed by atoms with E-state index in [0.717, 1.165) is 38.8 Å². The van der Waals surface area contributed by atoms with Crippen molar-refractivity contribution in [3.05, 3.63) is 12.5 Å². The van der Waals surface area contributed by atoms with E-state index in [-0.39, 0.29) is 11.1 Å². The average molecular weight is 298 g/mol.